The Kier molecular flexibility index (Phi) is 5.22. The zero-order valence-electron chi connectivity index (χ0n) is 22.5. The maximum Gasteiger partial charge on any atom is 0.136 e. The zero-order chi connectivity index (χ0) is 24.2. The van der Waals surface area contributed by atoms with Gasteiger partial charge in [0.25, 0.3) is 0 Å². The second-order valence-corrected chi connectivity index (χ2v) is 15.2. The van der Waals surface area contributed by atoms with Crippen molar-refractivity contribution in [1.29, 1.82) is 0 Å². The monoisotopic (exact) mass is 458 g/mol. The van der Waals surface area contributed by atoms with Gasteiger partial charge in [-0.3, -0.25) is 4.79 Å². The first-order valence-electron chi connectivity index (χ1n) is 14.0. The topological polar surface area (TPSA) is 57.5 Å². The van der Waals surface area contributed by atoms with E-state index in [4.69, 9.17) is 0 Å². The molecular formula is C30H50O3. The first-order chi connectivity index (χ1) is 15.2. The van der Waals surface area contributed by atoms with Crippen molar-refractivity contribution in [2.24, 2.45) is 56.2 Å². The summed E-state index contributed by atoms with van der Waals surface area (Å²) in [4.78, 5) is 12.7. The predicted octanol–water partition coefficient (Wildman–Crippen LogP) is 6.40. The summed E-state index contributed by atoms with van der Waals surface area (Å²) < 4.78 is 0. The van der Waals surface area contributed by atoms with Crippen molar-refractivity contribution in [3.63, 3.8) is 0 Å². The van der Waals surface area contributed by atoms with Crippen molar-refractivity contribution in [3.8, 4) is 0 Å². The highest BCUT2D eigenvalue weighted by atomic mass is 16.3. The largest absolute Gasteiger partial charge is 0.396 e. The molecule has 188 valence electrons. The van der Waals surface area contributed by atoms with Gasteiger partial charge in [0.15, 0.2) is 0 Å². The molecule has 0 unspecified atom stereocenters. The van der Waals surface area contributed by atoms with Crippen LogP contribution in [0.15, 0.2) is 0 Å². The molecule has 0 aromatic carbocycles. The van der Waals surface area contributed by atoms with Crippen LogP contribution in [0.4, 0.5) is 0 Å². The van der Waals surface area contributed by atoms with E-state index in [0.717, 1.165) is 51.4 Å². The van der Waals surface area contributed by atoms with Crippen LogP contribution in [0.3, 0.4) is 0 Å². The minimum Gasteiger partial charge on any atom is -0.396 e. The minimum absolute atomic E-state index is 0.0332. The van der Waals surface area contributed by atoms with Crippen molar-refractivity contribution in [3.05, 3.63) is 0 Å². The Morgan fingerprint density at radius 2 is 1.52 bits per heavy atom. The number of aliphatic hydroxyl groups excluding tert-OH is 2. The van der Waals surface area contributed by atoms with E-state index in [9.17, 15) is 15.0 Å². The highest BCUT2D eigenvalue weighted by Crippen LogP contribution is 2.78. The van der Waals surface area contributed by atoms with Crippen molar-refractivity contribution >= 4 is 5.78 Å². The molecule has 0 radical (unpaired) electrons. The maximum absolute atomic E-state index is 12.7. The maximum atomic E-state index is 12.7. The molecule has 5 aliphatic rings. The number of hydrogen-bond acceptors (Lipinski definition) is 3. The van der Waals surface area contributed by atoms with E-state index in [2.05, 4.69) is 48.5 Å². The third kappa shape index (κ3) is 2.85. The van der Waals surface area contributed by atoms with E-state index in [-0.39, 0.29) is 44.5 Å². The number of carbonyl (C=O) groups excluding carboxylic acids is 1. The number of carbonyl (C=O) groups is 1. The Hall–Kier alpha value is -0.410. The summed E-state index contributed by atoms with van der Waals surface area (Å²) in [5, 5.41) is 22.3. The fourth-order valence-electron chi connectivity index (χ4n) is 11.3. The Labute approximate surface area is 202 Å². The SMILES string of the molecule is C[C@H]1C(=O)CC[C@@H]2[C@]3(C)CC[C@@]4(C)[C@@H]5CC(C)(C)[C@H](O)C[C@]5(C)CC[C@]4(CO)[C@H]3CC[C@]21C. The normalized spacial score (nSPS) is 58.0. The van der Waals surface area contributed by atoms with E-state index in [1.165, 1.54) is 12.8 Å². The van der Waals surface area contributed by atoms with Crippen molar-refractivity contribution in [2.45, 2.75) is 119 Å². The summed E-state index contributed by atoms with van der Waals surface area (Å²) in [6, 6.07) is 0. The molecule has 3 nitrogen and oxygen atoms in total. The number of Topliss-reactive ketones (excluding diaryl/α,β-unsaturated/α-hetero) is 1. The number of fused-ring (bicyclic) bond motifs is 7. The van der Waals surface area contributed by atoms with Gasteiger partial charge in [0.2, 0.25) is 0 Å². The average Bonchev–Trinajstić information content (AvgIpc) is 2.74. The molecule has 5 fully saturated rings. The summed E-state index contributed by atoms with van der Waals surface area (Å²) in [5.41, 5.74) is 0.517. The Bertz CT molecular complexity index is 834. The second kappa shape index (κ2) is 7.09. The standard InChI is InChI=1S/C30H50O3/c1-19-20(32)8-9-21-27(19,5)11-10-22-28(21,6)13-14-29(7)23-16-25(2,3)24(33)17-26(23,4)12-15-30(22,29)18-31/h19,21-24,31,33H,8-18H2,1-7H3/t19-,21-,22-,23+,24+,26-,27-,28-,29-,30-/m0/s1. The summed E-state index contributed by atoms with van der Waals surface area (Å²) in [7, 11) is 0. The smallest absolute Gasteiger partial charge is 0.136 e. The van der Waals surface area contributed by atoms with Crippen molar-refractivity contribution in [2.75, 3.05) is 6.61 Å². The molecular weight excluding hydrogens is 408 g/mol. The molecule has 0 heterocycles. The minimum atomic E-state index is -0.227. The lowest BCUT2D eigenvalue weighted by Crippen LogP contribution is -2.70. The van der Waals surface area contributed by atoms with Crippen LogP contribution in [0.1, 0.15) is 113 Å². The van der Waals surface area contributed by atoms with E-state index >= 15 is 0 Å². The van der Waals surface area contributed by atoms with Gasteiger partial charge >= 0.3 is 0 Å². The average molecular weight is 459 g/mol. The number of hydrogen-bond donors (Lipinski definition) is 2. The van der Waals surface area contributed by atoms with Gasteiger partial charge in [-0.2, -0.15) is 0 Å². The molecule has 0 amide bonds. The molecule has 0 aromatic heterocycles. The van der Waals surface area contributed by atoms with Gasteiger partial charge in [0.1, 0.15) is 5.78 Å². The van der Waals surface area contributed by atoms with Crippen LogP contribution < -0.4 is 0 Å². The third-order valence-electron chi connectivity index (χ3n) is 13.8. The molecule has 33 heavy (non-hydrogen) atoms. The van der Waals surface area contributed by atoms with Crippen LogP contribution >= 0.6 is 0 Å². The van der Waals surface area contributed by atoms with Gasteiger partial charge in [0.05, 0.1) is 6.10 Å². The summed E-state index contributed by atoms with van der Waals surface area (Å²) in [6.07, 6.45) is 10.5. The van der Waals surface area contributed by atoms with Gasteiger partial charge in [-0.25, -0.2) is 0 Å². The predicted molar refractivity (Wildman–Crippen MR) is 133 cm³/mol. The van der Waals surface area contributed by atoms with Crippen LogP contribution in [-0.2, 0) is 4.79 Å². The van der Waals surface area contributed by atoms with E-state index < -0.39 is 0 Å². The Morgan fingerprint density at radius 3 is 2.18 bits per heavy atom. The van der Waals surface area contributed by atoms with Crippen LogP contribution in [0.5, 0.6) is 0 Å². The van der Waals surface area contributed by atoms with E-state index in [1.807, 2.05) is 0 Å². The Morgan fingerprint density at radius 1 is 0.818 bits per heavy atom. The molecule has 0 spiro atoms. The van der Waals surface area contributed by atoms with Crippen LogP contribution in [0.25, 0.3) is 0 Å². The number of ketones is 1. The first kappa shape index (κ1) is 24.3. The molecule has 0 bridgehead atoms. The molecule has 0 aromatic rings. The third-order valence-corrected chi connectivity index (χ3v) is 13.8. The fourth-order valence-corrected chi connectivity index (χ4v) is 11.3. The molecule has 5 rings (SSSR count). The molecule has 5 aliphatic carbocycles. The summed E-state index contributed by atoms with van der Waals surface area (Å²) in [6.45, 7) is 17.0. The lowest BCUT2D eigenvalue weighted by atomic mass is 9.29. The van der Waals surface area contributed by atoms with Crippen molar-refractivity contribution in [1.82, 2.24) is 0 Å². The van der Waals surface area contributed by atoms with E-state index in [0.29, 0.717) is 30.1 Å². The molecule has 0 aliphatic heterocycles. The first-order valence-corrected chi connectivity index (χ1v) is 14.0. The van der Waals surface area contributed by atoms with Gasteiger partial charge in [-0.05, 0) is 103 Å². The fraction of sp³-hybridized carbons (Fsp3) is 0.967. The summed E-state index contributed by atoms with van der Waals surface area (Å²) >= 11 is 0. The van der Waals surface area contributed by atoms with Gasteiger partial charge in [0, 0.05) is 24.4 Å². The molecule has 3 heteroatoms. The highest BCUT2D eigenvalue weighted by molar-refractivity contribution is 5.82. The zero-order valence-corrected chi connectivity index (χ0v) is 22.5. The number of aliphatic hydroxyl groups is 2. The van der Waals surface area contributed by atoms with Crippen LogP contribution in [0, 0.1) is 56.2 Å². The van der Waals surface area contributed by atoms with Crippen molar-refractivity contribution < 1.29 is 15.0 Å². The molecule has 10 atom stereocenters. The van der Waals surface area contributed by atoms with E-state index in [1.54, 1.807) is 0 Å². The lowest BCUT2D eigenvalue weighted by Gasteiger charge is -2.75. The second-order valence-electron chi connectivity index (χ2n) is 15.2. The van der Waals surface area contributed by atoms with Gasteiger partial charge in [-0.1, -0.05) is 48.5 Å². The number of rotatable bonds is 1. The molecule has 0 saturated heterocycles. The lowest BCUT2D eigenvalue weighted by molar-refractivity contribution is -0.279. The molecule has 5 saturated carbocycles. The van der Waals surface area contributed by atoms with Crippen LogP contribution in [-0.4, -0.2) is 28.7 Å². The van der Waals surface area contributed by atoms with Gasteiger partial charge in [-0.15, -0.1) is 0 Å². The Balaban J connectivity index is 1.58. The van der Waals surface area contributed by atoms with Crippen LogP contribution in [0.2, 0.25) is 0 Å². The summed E-state index contributed by atoms with van der Waals surface area (Å²) in [5.74, 6) is 2.32. The molecule has 2 N–H and O–H groups in total. The highest BCUT2D eigenvalue weighted by Gasteiger charge is 2.72. The quantitative estimate of drug-likeness (QED) is 0.478. The van der Waals surface area contributed by atoms with Gasteiger partial charge < -0.3 is 10.2 Å².